The summed E-state index contributed by atoms with van der Waals surface area (Å²) in [5, 5.41) is 9.27. The molecule has 1 heterocycles. The van der Waals surface area contributed by atoms with Crippen molar-refractivity contribution in [1.82, 2.24) is 4.98 Å². The minimum atomic E-state index is -0.0481. The SMILES string of the molecule is CCCCC(CC)COc1ncc(Br)cc1CO. The summed E-state index contributed by atoms with van der Waals surface area (Å²) >= 11 is 3.34. The molecule has 18 heavy (non-hydrogen) atoms. The van der Waals surface area contributed by atoms with Gasteiger partial charge in [0.05, 0.1) is 13.2 Å². The molecule has 1 aromatic rings. The van der Waals surface area contributed by atoms with Gasteiger partial charge in [0, 0.05) is 16.2 Å². The lowest BCUT2D eigenvalue weighted by Gasteiger charge is -2.16. The van der Waals surface area contributed by atoms with Crippen LogP contribution in [0.3, 0.4) is 0 Å². The van der Waals surface area contributed by atoms with Gasteiger partial charge >= 0.3 is 0 Å². The Morgan fingerprint density at radius 2 is 2.22 bits per heavy atom. The fourth-order valence-electron chi connectivity index (χ4n) is 1.81. The second-order valence-corrected chi connectivity index (χ2v) is 5.42. The minimum Gasteiger partial charge on any atom is -0.477 e. The number of ether oxygens (including phenoxy) is 1. The molecule has 0 fully saturated rings. The third kappa shape index (κ3) is 4.94. The van der Waals surface area contributed by atoms with Gasteiger partial charge in [0.1, 0.15) is 0 Å². The van der Waals surface area contributed by atoms with Crippen molar-refractivity contribution in [2.75, 3.05) is 6.61 Å². The molecular formula is C14H22BrNO2. The molecule has 4 heteroatoms. The van der Waals surface area contributed by atoms with Crippen molar-refractivity contribution in [1.29, 1.82) is 0 Å². The molecule has 0 saturated heterocycles. The van der Waals surface area contributed by atoms with Gasteiger partial charge in [-0.3, -0.25) is 0 Å². The molecule has 1 aromatic heterocycles. The summed E-state index contributed by atoms with van der Waals surface area (Å²) in [6.07, 6.45) is 6.46. The Labute approximate surface area is 118 Å². The molecular weight excluding hydrogens is 294 g/mol. The molecule has 0 aliphatic heterocycles. The second-order valence-electron chi connectivity index (χ2n) is 4.50. The quantitative estimate of drug-likeness (QED) is 0.790. The lowest BCUT2D eigenvalue weighted by Crippen LogP contribution is -2.13. The number of hydrogen-bond donors (Lipinski definition) is 1. The Morgan fingerprint density at radius 1 is 1.44 bits per heavy atom. The number of unbranched alkanes of at least 4 members (excludes halogenated alkanes) is 1. The number of halogens is 1. The largest absolute Gasteiger partial charge is 0.477 e. The van der Waals surface area contributed by atoms with E-state index >= 15 is 0 Å². The number of nitrogens with zero attached hydrogens (tertiary/aromatic N) is 1. The highest BCUT2D eigenvalue weighted by atomic mass is 79.9. The highest BCUT2D eigenvalue weighted by Crippen LogP contribution is 2.21. The number of hydrogen-bond acceptors (Lipinski definition) is 3. The van der Waals surface area contributed by atoms with E-state index in [4.69, 9.17) is 4.74 Å². The van der Waals surface area contributed by atoms with Crippen molar-refractivity contribution < 1.29 is 9.84 Å². The average Bonchev–Trinajstić information content (AvgIpc) is 2.40. The van der Waals surface area contributed by atoms with Crippen molar-refractivity contribution in [3.05, 3.63) is 22.3 Å². The first-order chi connectivity index (χ1) is 8.71. The summed E-state index contributed by atoms with van der Waals surface area (Å²) in [6.45, 7) is 5.02. The van der Waals surface area contributed by atoms with Crippen LogP contribution in [0.25, 0.3) is 0 Å². The fraction of sp³-hybridized carbons (Fsp3) is 0.643. The van der Waals surface area contributed by atoms with Gasteiger partial charge in [-0.15, -0.1) is 0 Å². The molecule has 1 rings (SSSR count). The highest BCUT2D eigenvalue weighted by Gasteiger charge is 2.10. The first kappa shape index (κ1) is 15.4. The molecule has 0 aromatic carbocycles. The lowest BCUT2D eigenvalue weighted by atomic mass is 10.0. The Hall–Kier alpha value is -0.610. The average molecular weight is 316 g/mol. The minimum absolute atomic E-state index is 0.0481. The maximum Gasteiger partial charge on any atom is 0.218 e. The molecule has 1 unspecified atom stereocenters. The van der Waals surface area contributed by atoms with Crippen molar-refractivity contribution >= 4 is 15.9 Å². The highest BCUT2D eigenvalue weighted by molar-refractivity contribution is 9.10. The Balaban J connectivity index is 2.56. The van der Waals surface area contributed by atoms with Crippen LogP contribution in [0, 0.1) is 5.92 Å². The lowest BCUT2D eigenvalue weighted by molar-refractivity contribution is 0.214. The van der Waals surface area contributed by atoms with E-state index < -0.39 is 0 Å². The van der Waals surface area contributed by atoms with E-state index in [1.165, 1.54) is 19.3 Å². The van der Waals surface area contributed by atoms with Crippen molar-refractivity contribution in [2.24, 2.45) is 5.92 Å². The van der Waals surface area contributed by atoms with Gasteiger partial charge in [-0.1, -0.05) is 33.1 Å². The molecule has 0 amide bonds. The number of aliphatic hydroxyl groups excluding tert-OH is 1. The van der Waals surface area contributed by atoms with Crippen LogP contribution in [0.1, 0.15) is 45.1 Å². The molecule has 0 aliphatic carbocycles. The molecule has 3 nitrogen and oxygen atoms in total. The predicted octanol–water partition coefficient (Wildman–Crippen LogP) is 3.93. The van der Waals surface area contributed by atoms with E-state index in [-0.39, 0.29) is 6.61 Å². The van der Waals surface area contributed by atoms with Gasteiger partial charge < -0.3 is 9.84 Å². The maximum absolute atomic E-state index is 9.27. The summed E-state index contributed by atoms with van der Waals surface area (Å²) in [6, 6.07) is 1.84. The topological polar surface area (TPSA) is 42.4 Å². The second kappa shape index (κ2) is 8.48. The summed E-state index contributed by atoms with van der Waals surface area (Å²) in [7, 11) is 0. The van der Waals surface area contributed by atoms with Gasteiger partial charge in [-0.2, -0.15) is 0 Å². The Morgan fingerprint density at radius 3 is 2.83 bits per heavy atom. The molecule has 1 atom stereocenters. The maximum atomic E-state index is 9.27. The van der Waals surface area contributed by atoms with Crippen LogP contribution in [-0.2, 0) is 6.61 Å². The van der Waals surface area contributed by atoms with Gasteiger partial charge in [-0.25, -0.2) is 4.98 Å². The standard InChI is InChI=1S/C14H22BrNO2/c1-3-5-6-11(4-2)10-18-14-12(9-17)7-13(15)8-16-14/h7-8,11,17H,3-6,9-10H2,1-2H3. The molecule has 1 N–H and O–H groups in total. The normalized spacial score (nSPS) is 12.4. The smallest absolute Gasteiger partial charge is 0.218 e. The van der Waals surface area contributed by atoms with E-state index in [0.717, 1.165) is 16.5 Å². The van der Waals surface area contributed by atoms with Crippen LogP contribution in [-0.4, -0.2) is 16.7 Å². The third-order valence-electron chi connectivity index (χ3n) is 3.06. The number of aromatic nitrogens is 1. The predicted molar refractivity (Wildman–Crippen MR) is 76.7 cm³/mol. The van der Waals surface area contributed by atoms with Crippen LogP contribution in [0.15, 0.2) is 16.7 Å². The monoisotopic (exact) mass is 315 g/mol. The first-order valence-corrected chi connectivity index (χ1v) is 7.38. The molecule has 0 spiro atoms. The van der Waals surface area contributed by atoms with Crippen LogP contribution in [0.2, 0.25) is 0 Å². The first-order valence-electron chi connectivity index (χ1n) is 6.59. The van der Waals surface area contributed by atoms with E-state index in [0.29, 0.717) is 18.4 Å². The van der Waals surface area contributed by atoms with Crippen LogP contribution >= 0.6 is 15.9 Å². The van der Waals surface area contributed by atoms with Crippen LogP contribution in [0.4, 0.5) is 0 Å². The Bertz CT molecular complexity index is 358. The van der Waals surface area contributed by atoms with E-state index in [2.05, 4.69) is 34.8 Å². The van der Waals surface area contributed by atoms with E-state index in [9.17, 15) is 5.11 Å². The summed E-state index contributed by atoms with van der Waals surface area (Å²) < 4.78 is 6.60. The van der Waals surface area contributed by atoms with Crippen LogP contribution < -0.4 is 4.74 Å². The zero-order chi connectivity index (χ0) is 13.4. The number of aliphatic hydroxyl groups is 1. The third-order valence-corrected chi connectivity index (χ3v) is 3.49. The fourth-order valence-corrected chi connectivity index (χ4v) is 2.19. The van der Waals surface area contributed by atoms with Gasteiger partial charge in [0.25, 0.3) is 0 Å². The van der Waals surface area contributed by atoms with Crippen molar-refractivity contribution in [3.8, 4) is 5.88 Å². The number of rotatable bonds is 8. The molecule has 0 radical (unpaired) electrons. The number of pyridine rings is 1. The molecule has 0 saturated carbocycles. The van der Waals surface area contributed by atoms with E-state index in [1.807, 2.05) is 6.07 Å². The van der Waals surface area contributed by atoms with Gasteiger partial charge in [0.2, 0.25) is 5.88 Å². The van der Waals surface area contributed by atoms with Crippen LogP contribution in [0.5, 0.6) is 5.88 Å². The van der Waals surface area contributed by atoms with Gasteiger partial charge in [-0.05, 0) is 34.3 Å². The molecule has 102 valence electrons. The molecule has 0 bridgehead atoms. The summed E-state index contributed by atoms with van der Waals surface area (Å²) in [4.78, 5) is 4.21. The van der Waals surface area contributed by atoms with Crippen molar-refractivity contribution in [2.45, 2.75) is 46.1 Å². The van der Waals surface area contributed by atoms with Gasteiger partial charge in [0.15, 0.2) is 0 Å². The summed E-state index contributed by atoms with van der Waals surface area (Å²) in [5.74, 6) is 1.12. The van der Waals surface area contributed by atoms with Crippen molar-refractivity contribution in [3.63, 3.8) is 0 Å². The zero-order valence-electron chi connectivity index (χ0n) is 11.2. The van der Waals surface area contributed by atoms with E-state index in [1.54, 1.807) is 6.20 Å². The zero-order valence-corrected chi connectivity index (χ0v) is 12.7. The summed E-state index contributed by atoms with van der Waals surface area (Å²) in [5.41, 5.74) is 0.731. The Kier molecular flexibility index (Phi) is 7.28. The molecule has 0 aliphatic rings.